The Labute approximate surface area is 149 Å². The smallest absolute Gasteiger partial charge is 0.329 e. The monoisotopic (exact) mass is 356 g/mol. The van der Waals surface area contributed by atoms with E-state index in [9.17, 15) is 9.59 Å². The molecule has 1 aromatic carbocycles. The van der Waals surface area contributed by atoms with Crippen molar-refractivity contribution >= 4 is 27.5 Å². The van der Waals surface area contributed by atoms with E-state index in [1.54, 1.807) is 6.92 Å². The highest BCUT2D eigenvalue weighted by Gasteiger charge is 2.22. The van der Waals surface area contributed by atoms with Crippen molar-refractivity contribution in [2.75, 3.05) is 0 Å². The Bertz CT molecular complexity index is 946. The fraction of sp³-hybridized carbons (Fsp3) is 0.316. The lowest BCUT2D eigenvalue weighted by atomic mass is 10.1. The van der Waals surface area contributed by atoms with Crippen molar-refractivity contribution in [3.05, 3.63) is 52.4 Å². The minimum atomic E-state index is -0.720. The molecule has 2 aromatic heterocycles. The Morgan fingerprint density at radius 2 is 2.00 bits per heavy atom. The molecule has 0 N–H and O–H groups in total. The van der Waals surface area contributed by atoms with Gasteiger partial charge in [0.1, 0.15) is 10.9 Å². The minimum Gasteiger partial charge on any atom is -0.461 e. The van der Waals surface area contributed by atoms with Crippen molar-refractivity contribution < 1.29 is 9.53 Å². The van der Waals surface area contributed by atoms with Gasteiger partial charge in [0.15, 0.2) is 0 Å². The van der Waals surface area contributed by atoms with Crippen LogP contribution >= 0.6 is 11.3 Å². The Kier molecular flexibility index (Phi) is 4.99. The second kappa shape index (κ2) is 7.19. The number of carbonyl (C=O) groups excluding carboxylic acids is 1. The molecular formula is C19H20N2O3S. The molecular weight excluding hydrogens is 336 g/mol. The summed E-state index contributed by atoms with van der Waals surface area (Å²) in [6, 6.07) is 8.99. The molecule has 25 heavy (non-hydrogen) atoms. The van der Waals surface area contributed by atoms with Crippen molar-refractivity contribution in [3.63, 3.8) is 0 Å². The molecule has 0 aliphatic carbocycles. The number of benzene rings is 1. The van der Waals surface area contributed by atoms with E-state index in [1.807, 2.05) is 49.6 Å². The molecule has 6 heteroatoms. The van der Waals surface area contributed by atoms with Crippen LogP contribution in [-0.4, -0.2) is 21.6 Å². The van der Waals surface area contributed by atoms with Gasteiger partial charge in [-0.15, -0.1) is 11.3 Å². The Balaban J connectivity index is 2.05. The van der Waals surface area contributed by atoms with Gasteiger partial charge in [0, 0.05) is 10.9 Å². The molecule has 3 aromatic rings. The van der Waals surface area contributed by atoms with Crippen molar-refractivity contribution in [2.45, 2.75) is 39.3 Å². The highest BCUT2D eigenvalue weighted by atomic mass is 32.1. The summed E-state index contributed by atoms with van der Waals surface area (Å²) in [4.78, 5) is 30.3. The van der Waals surface area contributed by atoms with Gasteiger partial charge in [-0.2, -0.15) is 0 Å². The normalized spacial score (nSPS) is 13.6. The maximum Gasteiger partial charge on any atom is 0.329 e. The molecule has 0 bridgehead atoms. The molecule has 130 valence electrons. The van der Waals surface area contributed by atoms with Crippen LogP contribution in [0.15, 0.2) is 46.8 Å². The minimum absolute atomic E-state index is 0.177. The highest BCUT2D eigenvalue weighted by Crippen LogP contribution is 2.30. The summed E-state index contributed by atoms with van der Waals surface area (Å²) in [6.07, 6.45) is 1.98. The molecule has 0 saturated heterocycles. The van der Waals surface area contributed by atoms with Crippen LogP contribution in [-0.2, 0) is 9.53 Å². The summed E-state index contributed by atoms with van der Waals surface area (Å²) in [5, 5.41) is 2.47. The molecule has 0 radical (unpaired) electrons. The first-order valence-electron chi connectivity index (χ1n) is 8.27. The molecule has 0 amide bonds. The Morgan fingerprint density at radius 1 is 1.28 bits per heavy atom. The zero-order valence-electron chi connectivity index (χ0n) is 14.4. The van der Waals surface area contributed by atoms with Crippen molar-refractivity contribution in [1.82, 2.24) is 9.55 Å². The highest BCUT2D eigenvalue weighted by molar-refractivity contribution is 7.17. The zero-order chi connectivity index (χ0) is 18.0. The largest absolute Gasteiger partial charge is 0.461 e. The third-order valence-electron chi connectivity index (χ3n) is 4.25. The van der Waals surface area contributed by atoms with Gasteiger partial charge in [0.2, 0.25) is 0 Å². The lowest BCUT2D eigenvalue weighted by molar-refractivity contribution is -0.152. The van der Waals surface area contributed by atoms with Crippen LogP contribution in [0.5, 0.6) is 0 Å². The molecule has 0 saturated carbocycles. The van der Waals surface area contributed by atoms with E-state index in [1.165, 1.54) is 22.2 Å². The molecule has 0 unspecified atom stereocenters. The summed E-state index contributed by atoms with van der Waals surface area (Å²) >= 11 is 1.43. The molecule has 0 aliphatic rings. The van der Waals surface area contributed by atoms with Gasteiger partial charge in [-0.25, -0.2) is 9.78 Å². The van der Waals surface area contributed by atoms with Crippen LogP contribution in [0.3, 0.4) is 0 Å². The van der Waals surface area contributed by atoms with Crippen LogP contribution in [0.4, 0.5) is 0 Å². The van der Waals surface area contributed by atoms with E-state index < -0.39 is 12.0 Å². The van der Waals surface area contributed by atoms with Gasteiger partial charge in [0.05, 0.1) is 17.8 Å². The number of rotatable bonds is 5. The molecule has 2 heterocycles. The number of nitrogens with zero attached hydrogens (tertiary/aromatic N) is 2. The predicted molar refractivity (Wildman–Crippen MR) is 99.9 cm³/mol. The fourth-order valence-corrected chi connectivity index (χ4v) is 3.45. The molecule has 0 spiro atoms. The number of carbonyl (C=O) groups is 1. The van der Waals surface area contributed by atoms with E-state index in [0.29, 0.717) is 10.2 Å². The van der Waals surface area contributed by atoms with Crippen molar-refractivity contribution in [3.8, 4) is 11.1 Å². The average Bonchev–Trinajstić information content (AvgIpc) is 3.07. The van der Waals surface area contributed by atoms with Crippen LogP contribution in [0.2, 0.25) is 0 Å². The maximum absolute atomic E-state index is 13.0. The number of esters is 1. The molecule has 3 rings (SSSR count). The summed E-state index contributed by atoms with van der Waals surface area (Å²) in [5.41, 5.74) is 1.58. The number of fused-ring (bicyclic) bond motifs is 1. The van der Waals surface area contributed by atoms with Gasteiger partial charge >= 0.3 is 5.97 Å². The molecule has 0 fully saturated rings. The van der Waals surface area contributed by atoms with E-state index in [0.717, 1.165) is 17.5 Å². The quantitative estimate of drug-likeness (QED) is 0.648. The van der Waals surface area contributed by atoms with Gasteiger partial charge in [0.25, 0.3) is 5.56 Å². The van der Waals surface area contributed by atoms with E-state index >= 15 is 0 Å². The number of ether oxygens (including phenoxy) is 1. The number of hydrogen-bond acceptors (Lipinski definition) is 5. The summed E-state index contributed by atoms with van der Waals surface area (Å²) in [7, 11) is 0. The van der Waals surface area contributed by atoms with E-state index in [-0.39, 0.29) is 11.7 Å². The zero-order valence-corrected chi connectivity index (χ0v) is 15.2. The maximum atomic E-state index is 13.0. The lowest BCUT2D eigenvalue weighted by Crippen LogP contribution is -2.31. The van der Waals surface area contributed by atoms with Crippen LogP contribution < -0.4 is 5.56 Å². The van der Waals surface area contributed by atoms with Gasteiger partial charge < -0.3 is 4.74 Å². The third-order valence-corrected chi connectivity index (χ3v) is 5.14. The number of hydrogen-bond donors (Lipinski definition) is 0. The number of aromatic nitrogens is 2. The van der Waals surface area contributed by atoms with Crippen molar-refractivity contribution in [2.24, 2.45) is 0 Å². The summed E-state index contributed by atoms with van der Waals surface area (Å²) < 4.78 is 6.71. The lowest BCUT2D eigenvalue weighted by Gasteiger charge is -2.17. The topological polar surface area (TPSA) is 61.2 Å². The molecule has 0 aliphatic heterocycles. The first-order valence-corrected chi connectivity index (χ1v) is 9.15. The SMILES string of the molecule is CC[C@H](C)OC(=O)[C@@H](C)n1cnc2scc(-c3ccccc3)c2c1=O. The van der Waals surface area contributed by atoms with Crippen LogP contribution in [0.25, 0.3) is 21.3 Å². The standard InChI is InChI=1S/C19H20N2O3S/c1-4-12(2)24-19(23)13(3)21-11-20-17-16(18(21)22)15(10-25-17)14-8-6-5-7-9-14/h5-13H,4H2,1-3H3/t12-,13+/m0/s1. The third kappa shape index (κ3) is 3.35. The van der Waals surface area contributed by atoms with E-state index in [4.69, 9.17) is 4.74 Å². The summed E-state index contributed by atoms with van der Waals surface area (Å²) in [6.45, 7) is 5.44. The van der Waals surface area contributed by atoms with Gasteiger partial charge in [-0.05, 0) is 25.8 Å². The Hall–Kier alpha value is -2.47. The molecule has 2 atom stereocenters. The number of thiophene rings is 1. The van der Waals surface area contributed by atoms with Gasteiger partial charge in [-0.1, -0.05) is 37.3 Å². The first-order chi connectivity index (χ1) is 12.0. The van der Waals surface area contributed by atoms with Crippen LogP contribution in [0.1, 0.15) is 33.2 Å². The second-order valence-electron chi connectivity index (χ2n) is 5.98. The first kappa shape index (κ1) is 17.4. The van der Waals surface area contributed by atoms with E-state index in [2.05, 4.69) is 4.98 Å². The predicted octanol–water partition coefficient (Wildman–Crippen LogP) is 4.03. The molecule has 5 nitrogen and oxygen atoms in total. The average molecular weight is 356 g/mol. The fourth-order valence-electron chi connectivity index (χ4n) is 2.55. The second-order valence-corrected chi connectivity index (χ2v) is 6.84. The van der Waals surface area contributed by atoms with Gasteiger partial charge in [-0.3, -0.25) is 9.36 Å². The van der Waals surface area contributed by atoms with Crippen molar-refractivity contribution in [1.29, 1.82) is 0 Å². The summed E-state index contributed by atoms with van der Waals surface area (Å²) in [5.74, 6) is -0.422. The Morgan fingerprint density at radius 3 is 2.68 bits per heavy atom. The van der Waals surface area contributed by atoms with Crippen LogP contribution in [0, 0.1) is 0 Å².